The SMILES string of the molecule is Cc1cc(NCC2(C(C)C)CC2)c([N+](=O)[O-])cc1F. The quantitative estimate of drug-likeness (QED) is 0.649. The normalized spacial score (nSPS) is 16.5. The van der Waals surface area contributed by atoms with Crippen LogP contribution in [0.2, 0.25) is 0 Å². The molecule has 5 heteroatoms. The Morgan fingerprint density at radius 1 is 1.47 bits per heavy atom. The van der Waals surface area contributed by atoms with E-state index in [-0.39, 0.29) is 11.1 Å². The third-order valence-corrected chi connectivity index (χ3v) is 4.22. The molecule has 0 bridgehead atoms. The zero-order chi connectivity index (χ0) is 14.2. The Labute approximate surface area is 112 Å². The summed E-state index contributed by atoms with van der Waals surface area (Å²) >= 11 is 0. The van der Waals surface area contributed by atoms with E-state index in [1.165, 1.54) is 6.07 Å². The summed E-state index contributed by atoms with van der Waals surface area (Å²) in [5, 5.41) is 14.1. The maximum absolute atomic E-state index is 13.4. The Morgan fingerprint density at radius 2 is 2.11 bits per heavy atom. The van der Waals surface area contributed by atoms with Crippen LogP contribution in [0.4, 0.5) is 15.8 Å². The van der Waals surface area contributed by atoms with Crippen molar-refractivity contribution >= 4 is 11.4 Å². The lowest BCUT2D eigenvalue weighted by Gasteiger charge is -2.20. The first-order chi connectivity index (χ1) is 8.85. The Bertz CT molecular complexity index is 510. The average molecular weight is 266 g/mol. The lowest BCUT2D eigenvalue weighted by atomic mass is 9.92. The molecule has 1 fully saturated rings. The summed E-state index contributed by atoms with van der Waals surface area (Å²) in [6.07, 6.45) is 2.29. The van der Waals surface area contributed by atoms with Gasteiger partial charge in [0.1, 0.15) is 11.5 Å². The fourth-order valence-electron chi connectivity index (χ4n) is 2.35. The maximum atomic E-state index is 13.4. The summed E-state index contributed by atoms with van der Waals surface area (Å²) in [4.78, 5) is 10.4. The second-order valence-corrected chi connectivity index (χ2v) is 5.75. The topological polar surface area (TPSA) is 55.2 Å². The van der Waals surface area contributed by atoms with E-state index >= 15 is 0 Å². The van der Waals surface area contributed by atoms with E-state index in [4.69, 9.17) is 0 Å². The van der Waals surface area contributed by atoms with Gasteiger partial charge in [-0.05, 0) is 42.7 Å². The molecule has 1 aliphatic carbocycles. The van der Waals surface area contributed by atoms with Gasteiger partial charge in [0.05, 0.1) is 11.0 Å². The molecule has 1 aromatic carbocycles. The van der Waals surface area contributed by atoms with Gasteiger partial charge in [-0.25, -0.2) is 4.39 Å². The minimum absolute atomic E-state index is 0.192. The molecule has 19 heavy (non-hydrogen) atoms. The molecule has 0 aromatic heterocycles. The highest BCUT2D eigenvalue weighted by molar-refractivity contribution is 5.63. The van der Waals surface area contributed by atoms with Crippen molar-refractivity contribution in [1.29, 1.82) is 0 Å². The molecule has 4 nitrogen and oxygen atoms in total. The Balaban J connectivity index is 2.20. The molecule has 1 saturated carbocycles. The average Bonchev–Trinajstić information content (AvgIpc) is 3.11. The van der Waals surface area contributed by atoms with Gasteiger partial charge in [-0.2, -0.15) is 0 Å². The van der Waals surface area contributed by atoms with Crippen molar-refractivity contribution in [1.82, 2.24) is 0 Å². The van der Waals surface area contributed by atoms with E-state index in [1.54, 1.807) is 6.92 Å². The van der Waals surface area contributed by atoms with E-state index in [2.05, 4.69) is 19.2 Å². The lowest BCUT2D eigenvalue weighted by Crippen LogP contribution is -2.21. The zero-order valence-electron chi connectivity index (χ0n) is 11.5. The van der Waals surface area contributed by atoms with Crippen LogP contribution in [0, 0.1) is 34.2 Å². The van der Waals surface area contributed by atoms with Crippen molar-refractivity contribution in [2.24, 2.45) is 11.3 Å². The molecule has 2 rings (SSSR count). The largest absolute Gasteiger partial charge is 0.379 e. The first-order valence-corrected chi connectivity index (χ1v) is 6.54. The first kappa shape index (κ1) is 13.8. The minimum Gasteiger partial charge on any atom is -0.379 e. The summed E-state index contributed by atoms with van der Waals surface area (Å²) in [6.45, 7) is 6.65. The van der Waals surface area contributed by atoms with Crippen LogP contribution in [0.1, 0.15) is 32.3 Å². The Hall–Kier alpha value is -1.65. The molecule has 0 atom stereocenters. The van der Waals surface area contributed by atoms with Gasteiger partial charge in [0.25, 0.3) is 5.69 Å². The molecule has 1 aromatic rings. The molecule has 0 aliphatic heterocycles. The summed E-state index contributed by atoms with van der Waals surface area (Å²) in [5.74, 6) is 0.00264. The van der Waals surface area contributed by atoms with Gasteiger partial charge < -0.3 is 5.32 Å². The van der Waals surface area contributed by atoms with Gasteiger partial charge in [0.2, 0.25) is 0 Å². The molecule has 0 amide bonds. The van der Waals surface area contributed by atoms with Crippen LogP contribution in [0.25, 0.3) is 0 Å². The summed E-state index contributed by atoms with van der Waals surface area (Å²) in [5.41, 5.74) is 0.886. The molecule has 0 unspecified atom stereocenters. The third kappa shape index (κ3) is 2.69. The van der Waals surface area contributed by atoms with Crippen molar-refractivity contribution in [3.63, 3.8) is 0 Å². The van der Waals surface area contributed by atoms with Crippen LogP contribution in [0.5, 0.6) is 0 Å². The molecule has 104 valence electrons. The van der Waals surface area contributed by atoms with Gasteiger partial charge in [-0.3, -0.25) is 10.1 Å². The van der Waals surface area contributed by atoms with Crippen LogP contribution in [0.15, 0.2) is 12.1 Å². The van der Waals surface area contributed by atoms with E-state index in [0.29, 0.717) is 23.7 Å². The molecule has 0 spiro atoms. The number of nitro groups is 1. The van der Waals surface area contributed by atoms with Gasteiger partial charge in [-0.15, -0.1) is 0 Å². The second kappa shape index (κ2) is 4.79. The fourth-order valence-corrected chi connectivity index (χ4v) is 2.35. The van der Waals surface area contributed by atoms with E-state index in [9.17, 15) is 14.5 Å². The van der Waals surface area contributed by atoms with Crippen molar-refractivity contribution in [2.45, 2.75) is 33.6 Å². The van der Waals surface area contributed by atoms with Crippen molar-refractivity contribution in [3.8, 4) is 0 Å². The van der Waals surface area contributed by atoms with Gasteiger partial charge in [0.15, 0.2) is 0 Å². The molecular weight excluding hydrogens is 247 g/mol. The first-order valence-electron chi connectivity index (χ1n) is 6.54. The van der Waals surface area contributed by atoms with Crippen molar-refractivity contribution in [3.05, 3.63) is 33.6 Å². The number of nitrogens with zero attached hydrogens (tertiary/aromatic N) is 1. The van der Waals surface area contributed by atoms with Crippen molar-refractivity contribution in [2.75, 3.05) is 11.9 Å². The third-order valence-electron chi connectivity index (χ3n) is 4.22. The number of halogens is 1. The molecule has 0 radical (unpaired) electrons. The number of hydrogen-bond donors (Lipinski definition) is 1. The standard InChI is InChI=1S/C14H19FN2O2/c1-9(2)14(4-5-14)8-16-12-6-10(3)11(15)7-13(12)17(18)19/h6-7,9,16H,4-5,8H2,1-3H3. The number of aryl methyl sites for hydroxylation is 1. The number of nitro benzene ring substituents is 1. The Morgan fingerprint density at radius 3 is 2.58 bits per heavy atom. The highest BCUT2D eigenvalue weighted by atomic mass is 19.1. The highest BCUT2D eigenvalue weighted by Crippen LogP contribution is 2.52. The number of hydrogen-bond acceptors (Lipinski definition) is 3. The highest BCUT2D eigenvalue weighted by Gasteiger charge is 2.45. The second-order valence-electron chi connectivity index (χ2n) is 5.75. The summed E-state index contributed by atoms with van der Waals surface area (Å²) < 4.78 is 13.4. The monoisotopic (exact) mass is 266 g/mol. The van der Waals surface area contributed by atoms with Crippen LogP contribution >= 0.6 is 0 Å². The Kier molecular flexibility index (Phi) is 3.47. The maximum Gasteiger partial charge on any atom is 0.295 e. The van der Waals surface area contributed by atoms with Crippen LogP contribution in [0.3, 0.4) is 0 Å². The van der Waals surface area contributed by atoms with Crippen LogP contribution in [-0.4, -0.2) is 11.5 Å². The molecule has 0 heterocycles. The van der Waals surface area contributed by atoms with E-state index in [0.717, 1.165) is 18.9 Å². The lowest BCUT2D eigenvalue weighted by molar-refractivity contribution is -0.384. The van der Waals surface area contributed by atoms with Gasteiger partial charge in [0, 0.05) is 6.54 Å². The fraction of sp³-hybridized carbons (Fsp3) is 0.571. The van der Waals surface area contributed by atoms with Crippen LogP contribution in [-0.2, 0) is 0 Å². The van der Waals surface area contributed by atoms with Crippen molar-refractivity contribution < 1.29 is 9.31 Å². The number of nitrogens with one attached hydrogen (secondary N) is 1. The molecular formula is C14H19FN2O2. The van der Waals surface area contributed by atoms with E-state index in [1.807, 2.05) is 0 Å². The van der Waals surface area contributed by atoms with Gasteiger partial charge >= 0.3 is 0 Å². The zero-order valence-corrected chi connectivity index (χ0v) is 11.5. The molecule has 0 saturated heterocycles. The number of anilines is 1. The van der Waals surface area contributed by atoms with E-state index < -0.39 is 10.7 Å². The predicted octanol–water partition coefficient (Wildman–Crippen LogP) is 3.89. The van der Waals surface area contributed by atoms with Gasteiger partial charge in [-0.1, -0.05) is 13.8 Å². The summed E-state index contributed by atoms with van der Waals surface area (Å²) in [7, 11) is 0. The molecule has 1 aliphatic rings. The molecule has 1 N–H and O–H groups in total. The minimum atomic E-state index is -0.542. The number of benzene rings is 1. The van der Waals surface area contributed by atoms with Crippen LogP contribution < -0.4 is 5.32 Å². The smallest absolute Gasteiger partial charge is 0.295 e. The number of rotatable bonds is 5. The predicted molar refractivity (Wildman–Crippen MR) is 72.8 cm³/mol. The summed E-state index contributed by atoms with van der Waals surface area (Å²) in [6, 6.07) is 2.51.